The van der Waals surface area contributed by atoms with Gasteiger partial charge in [0.05, 0.1) is 88.1 Å². The van der Waals surface area contributed by atoms with Crippen LogP contribution in [0.1, 0.15) is 6.92 Å². The highest BCUT2D eigenvalue weighted by molar-refractivity contribution is 7.95. The monoisotopic (exact) mass is 1210 g/mol. The second-order valence-corrected chi connectivity index (χ2v) is 20.5. The summed E-state index contributed by atoms with van der Waals surface area (Å²) in [6, 6.07) is 25.9. The Morgan fingerprint density at radius 3 is 1.95 bits per heavy atom. The van der Waals surface area contributed by atoms with Crippen LogP contribution in [-0.2, 0) is 53.1 Å². The van der Waals surface area contributed by atoms with Crippen LogP contribution >= 0.6 is 36.1 Å². The van der Waals surface area contributed by atoms with Gasteiger partial charge in [0.2, 0.25) is 11.9 Å². The minimum atomic E-state index is -5.24. The molecule has 36 heteroatoms. The van der Waals surface area contributed by atoms with Crippen molar-refractivity contribution in [1.29, 1.82) is 0 Å². The second kappa shape index (κ2) is 26.9. The Morgan fingerprint density at radius 1 is 0.630 bits per heavy atom. The highest BCUT2D eigenvalue weighted by Gasteiger charge is 2.26. The minimum Gasteiger partial charge on any atom is -0.505 e. The lowest BCUT2D eigenvalue weighted by atomic mass is 10.1. The van der Waals surface area contributed by atoms with Crippen molar-refractivity contribution in [3.05, 3.63) is 120 Å². The van der Waals surface area contributed by atoms with E-state index in [1.165, 1.54) is 37.4 Å². The van der Waals surface area contributed by atoms with E-state index >= 15 is 0 Å². The van der Waals surface area contributed by atoms with Crippen molar-refractivity contribution in [2.45, 2.75) is 31.4 Å². The van der Waals surface area contributed by atoms with Crippen molar-refractivity contribution in [3.63, 3.8) is 0 Å². The molecule has 9 N–H and O–H groups in total. The molecule has 0 aliphatic rings. The van der Waals surface area contributed by atoms with Crippen molar-refractivity contribution in [1.82, 2.24) is 15.0 Å². The minimum absolute atomic E-state index is 0.00463. The zero-order valence-electron chi connectivity index (χ0n) is 40.7. The zero-order chi connectivity index (χ0) is 57.7. The number of aromatic nitrogens is 3. The summed E-state index contributed by atoms with van der Waals surface area (Å²) in [6.45, 7) is 1.78. The molecule has 0 bridgehead atoms. The third kappa shape index (κ3) is 15.0. The van der Waals surface area contributed by atoms with Gasteiger partial charge in [-0.05, 0) is 104 Å². The van der Waals surface area contributed by atoms with Crippen molar-refractivity contribution in [2.24, 2.45) is 35.7 Å². The Morgan fingerprint density at radius 2 is 1.27 bits per heavy atom. The van der Waals surface area contributed by atoms with Gasteiger partial charge in [0, 0.05) is 43.1 Å². The summed E-state index contributed by atoms with van der Waals surface area (Å²) < 4.78 is 94.0. The van der Waals surface area contributed by atoms with E-state index in [-0.39, 0.29) is 74.5 Å². The van der Waals surface area contributed by atoms with Crippen molar-refractivity contribution < 1.29 is 84.4 Å². The molecular weight excluding hydrogens is 1170 g/mol. The largest absolute Gasteiger partial charge is 0.505 e. The van der Waals surface area contributed by atoms with Crippen LogP contribution in [0.4, 0.5) is 63.1 Å². The number of H-pyrrole nitrogens is 1. The number of hydrogen-bond acceptors (Lipinski definition) is 31. The van der Waals surface area contributed by atoms with Gasteiger partial charge in [-0.25, -0.2) is 25.6 Å². The molecule has 0 aliphatic heterocycles. The summed E-state index contributed by atoms with van der Waals surface area (Å²) in [4.78, 5) is 26.6. The Hall–Kier alpha value is -8.15. The lowest BCUT2D eigenvalue weighted by Gasteiger charge is -2.15. The van der Waals surface area contributed by atoms with Crippen LogP contribution in [0.3, 0.4) is 0 Å². The first-order valence-electron chi connectivity index (χ1n) is 22.1. The third-order valence-electron chi connectivity index (χ3n) is 10.5. The summed E-state index contributed by atoms with van der Waals surface area (Å²) in [5, 5.41) is 81.5. The molecule has 0 amide bonds. The van der Waals surface area contributed by atoms with E-state index in [4.69, 9.17) is 25.2 Å². The second-order valence-electron chi connectivity index (χ2n) is 15.5. The van der Waals surface area contributed by atoms with Crippen molar-refractivity contribution in [3.8, 4) is 11.5 Å². The van der Waals surface area contributed by atoms with Crippen LogP contribution in [0.2, 0.25) is 0 Å². The summed E-state index contributed by atoms with van der Waals surface area (Å²) >= 11 is 1.72. The van der Waals surface area contributed by atoms with E-state index in [0.717, 1.165) is 42.7 Å². The molecule has 0 radical (unpaired) electrons. The zero-order valence-corrected chi connectivity index (χ0v) is 44.8. The van der Waals surface area contributed by atoms with Gasteiger partial charge in [0.1, 0.15) is 27.7 Å². The average Bonchev–Trinajstić information content (AvgIpc) is 3.52. The van der Waals surface area contributed by atoms with E-state index in [1.807, 2.05) is 0 Å². The predicted molar refractivity (Wildman–Crippen MR) is 289 cm³/mol. The van der Waals surface area contributed by atoms with Crippen molar-refractivity contribution >= 4 is 147 Å². The quantitative estimate of drug-likeness (QED) is 0.00488. The number of nitrogens with one attached hydrogen (secondary N) is 3. The number of hydrogen-bond donors (Lipinski definition) is 9. The molecule has 0 saturated carbocycles. The van der Waals surface area contributed by atoms with Gasteiger partial charge in [-0.3, -0.25) is 14.1 Å². The number of phenols is 1. The number of fused-ring (bicyclic) bond motifs is 2. The van der Waals surface area contributed by atoms with Gasteiger partial charge in [0.15, 0.2) is 12.2 Å². The SMILES string of the molecule is CCOc1cc(N=Nc2ccc(N=Nc3ccc(SOOO)cc3)c3cc(SOOO)ccc23)c(N=COC)cc1N=Nc1c(SOOO)cc2c(S(=O)(=O)O)c(Nc3nc(Nc4ccc(S(=O)(=O)O)cc4)nc(=O)[nH]3)ccc2c1O. The number of anilines is 4. The molecule has 7 aromatic carbocycles. The van der Waals surface area contributed by atoms with E-state index in [9.17, 15) is 35.8 Å². The van der Waals surface area contributed by atoms with Crippen LogP contribution in [0.15, 0.2) is 174 Å². The molecule has 31 nitrogen and oxygen atoms in total. The lowest BCUT2D eigenvalue weighted by Crippen LogP contribution is -2.17. The fraction of sp³-hybridized carbons (Fsp3) is 0.0667. The number of nitrogens with zero attached hydrogens (tertiary/aromatic N) is 9. The first-order chi connectivity index (χ1) is 39.0. The molecule has 1 heterocycles. The third-order valence-corrected chi connectivity index (χ3v) is 14.1. The maximum absolute atomic E-state index is 13.2. The Kier molecular flexibility index (Phi) is 19.6. The van der Waals surface area contributed by atoms with Crippen molar-refractivity contribution in [2.75, 3.05) is 24.4 Å². The Balaban J connectivity index is 1.14. The number of phenolic OH excluding ortho intramolecular Hbond substituents is 1. The normalized spacial score (nSPS) is 12.2. The van der Waals surface area contributed by atoms with Crippen LogP contribution in [0, 0.1) is 0 Å². The first-order valence-corrected chi connectivity index (χ1v) is 27.2. The number of methoxy groups -OCH3 is 1. The predicted octanol–water partition coefficient (Wildman–Crippen LogP) is 12.4. The molecule has 0 unspecified atom stereocenters. The van der Waals surface area contributed by atoms with Gasteiger partial charge >= 0.3 is 5.69 Å². The van der Waals surface area contributed by atoms with Gasteiger partial charge in [-0.2, -0.15) is 31.9 Å². The number of azo groups is 3. The van der Waals surface area contributed by atoms with Crippen LogP contribution in [-0.4, -0.2) is 81.9 Å². The summed E-state index contributed by atoms with van der Waals surface area (Å²) in [7, 11) is -8.40. The number of rotatable bonds is 25. The Bertz CT molecular complexity index is 4030. The van der Waals surface area contributed by atoms with Crippen LogP contribution in [0.25, 0.3) is 21.5 Å². The van der Waals surface area contributed by atoms with Gasteiger partial charge < -0.3 is 25.2 Å². The molecule has 8 aromatic rings. The van der Waals surface area contributed by atoms with Crippen LogP contribution in [0.5, 0.6) is 11.5 Å². The number of aromatic amines is 1. The summed E-state index contributed by atoms with van der Waals surface area (Å²) in [5.74, 6) is -1.42. The topological polar surface area (TPSA) is 433 Å². The average molecular weight is 1210 g/mol. The number of ether oxygens (including phenoxy) is 2. The number of aromatic hydroxyl groups is 1. The Labute approximate surface area is 467 Å². The van der Waals surface area contributed by atoms with E-state index in [2.05, 4.69) is 89.4 Å². The smallest absolute Gasteiger partial charge is 0.351 e. The highest BCUT2D eigenvalue weighted by Crippen LogP contribution is 2.49. The molecule has 0 spiro atoms. The summed E-state index contributed by atoms with van der Waals surface area (Å²) in [6.07, 6.45) is 1.10. The molecule has 8 rings (SSSR count). The van der Waals surface area contributed by atoms with Gasteiger partial charge in [-0.15, -0.1) is 38.6 Å². The molecular formula is C45H36N12O19S5. The standard InChI is InChI=1S/C45H36N12O19S5/c1-3-70-38-21-36(55-54-32-16-17-33(30-18-26(78-75-72-61)10-13-28(30)32)53-52-24-4-8-25(9-5-24)77-74-71-60)35(46-22-69-2)20-37(38)56-57-40-39(79-76-73-62)19-31-29(41(40)58)14-15-34(42(31)81(66,67)68)48-44-49-43(50-45(59)51-44)47-23-6-11-27(12-7-23)80(63,64)65/h4-22,58,60-62H,3H2,1-2H3,(H,63,64,65)(H,66,67,68)(H3,47,48,49,50,51,59). The molecule has 1 aromatic heterocycles. The maximum Gasteiger partial charge on any atom is 0.351 e. The molecule has 0 saturated heterocycles. The molecule has 0 atom stereocenters. The van der Waals surface area contributed by atoms with Crippen LogP contribution < -0.4 is 21.1 Å². The van der Waals surface area contributed by atoms with Gasteiger partial charge in [-0.1, -0.05) is 21.2 Å². The number of benzene rings is 7. The lowest BCUT2D eigenvalue weighted by molar-refractivity contribution is -0.432. The first kappa shape index (κ1) is 59.0. The fourth-order valence-corrected chi connectivity index (χ4v) is 9.72. The summed E-state index contributed by atoms with van der Waals surface area (Å²) in [5.41, 5.74) is -0.133. The maximum atomic E-state index is 13.2. The molecule has 81 heavy (non-hydrogen) atoms. The molecule has 0 aliphatic carbocycles. The van der Waals surface area contributed by atoms with E-state index < -0.39 is 53.1 Å². The molecule has 0 fully saturated rings. The van der Waals surface area contributed by atoms with E-state index in [0.29, 0.717) is 49.7 Å². The fourth-order valence-electron chi connectivity index (χ4n) is 7.16. The number of aliphatic imine (C=N–C) groups is 1. The van der Waals surface area contributed by atoms with E-state index in [1.54, 1.807) is 61.5 Å². The molecule has 420 valence electrons. The highest BCUT2D eigenvalue weighted by atomic mass is 32.2. The van der Waals surface area contributed by atoms with Gasteiger partial charge in [0.25, 0.3) is 20.2 Å².